The van der Waals surface area contributed by atoms with Crippen LogP contribution in [0.3, 0.4) is 0 Å². The van der Waals surface area contributed by atoms with Gasteiger partial charge in [0, 0.05) is 29.1 Å². The van der Waals surface area contributed by atoms with E-state index in [9.17, 15) is 9.59 Å². The van der Waals surface area contributed by atoms with Gasteiger partial charge in [-0.1, -0.05) is 6.07 Å². The number of benzene rings is 1. The van der Waals surface area contributed by atoms with E-state index in [1.165, 1.54) is 0 Å². The molecule has 0 aromatic heterocycles. The van der Waals surface area contributed by atoms with Crippen LogP contribution in [-0.2, 0) is 11.2 Å². The Balaban J connectivity index is 2.40. The molecule has 0 fully saturated rings. The van der Waals surface area contributed by atoms with Crippen LogP contribution in [0.5, 0.6) is 0 Å². The Bertz CT molecular complexity index is 385. The molecule has 0 unspecified atom stereocenters. The minimum absolute atomic E-state index is 0.200. The highest BCUT2D eigenvalue weighted by Gasteiger charge is 2.17. The Morgan fingerprint density at radius 3 is 3.07 bits per heavy atom. The highest BCUT2D eigenvalue weighted by molar-refractivity contribution is 7.99. The zero-order valence-electron chi connectivity index (χ0n) is 7.66. The van der Waals surface area contributed by atoms with E-state index in [-0.39, 0.29) is 5.78 Å². The lowest BCUT2D eigenvalue weighted by atomic mass is 10.0. The van der Waals surface area contributed by atoms with Crippen LogP contribution < -0.4 is 0 Å². The van der Waals surface area contributed by atoms with Gasteiger partial charge in [-0.15, -0.1) is 11.8 Å². The van der Waals surface area contributed by atoms with Gasteiger partial charge in [-0.25, -0.2) is 0 Å². The van der Waals surface area contributed by atoms with Crippen molar-refractivity contribution in [3.8, 4) is 0 Å². The Labute approximate surface area is 86.7 Å². The van der Waals surface area contributed by atoms with E-state index >= 15 is 0 Å². The van der Waals surface area contributed by atoms with Gasteiger partial charge >= 0.3 is 0 Å². The third-order valence-electron chi connectivity index (χ3n) is 2.25. The Morgan fingerprint density at radius 2 is 2.29 bits per heavy atom. The number of rotatable bonds is 2. The Morgan fingerprint density at radius 1 is 1.43 bits per heavy atom. The number of fused-ring (bicyclic) bond motifs is 1. The molecule has 2 nitrogen and oxygen atoms in total. The van der Waals surface area contributed by atoms with Crippen molar-refractivity contribution in [2.24, 2.45) is 0 Å². The number of carbonyl (C=O) groups is 2. The van der Waals surface area contributed by atoms with E-state index in [0.717, 1.165) is 28.1 Å². The van der Waals surface area contributed by atoms with E-state index in [2.05, 4.69) is 0 Å². The second-order valence-corrected chi connectivity index (χ2v) is 4.36. The molecule has 72 valence electrons. The monoisotopic (exact) mass is 206 g/mol. The van der Waals surface area contributed by atoms with Gasteiger partial charge in [0.05, 0.1) is 0 Å². The van der Waals surface area contributed by atoms with Crippen LogP contribution in [0.2, 0.25) is 0 Å². The lowest BCUT2D eigenvalue weighted by Crippen LogP contribution is -2.08. The van der Waals surface area contributed by atoms with Crippen LogP contribution in [0.4, 0.5) is 0 Å². The van der Waals surface area contributed by atoms with E-state index in [4.69, 9.17) is 0 Å². The van der Waals surface area contributed by atoms with Crippen molar-refractivity contribution in [3.05, 3.63) is 29.3 Å². The van der Waals surface area contributed by atoms with Gasteiger partial charge in [0.2, 0.25) is 0 Å². The first-order chi connectivity index (χ1) is 6.81. The van der Waals surface area contributed by atoms with Crippen LogP contribution in [-0.4, -0.2) is 17.8 Å². The average Bonchev–Trinajstić information content (AvgIpc) is 2.20. The molecular weight excluding hydrogens is 196 g/mol. The van der Waals surface area contributed by atoms with Crippen molar-refractivity contribution in [3.63, 3.8) is 0 Å². The lowest BCUT2D eigenvalue weighted by Gasteiger charge is -2.14. The predicted octanol–water partition coefficient (Wildman–Crippen LogP) is 2.11. The largest absolute Gasteiger partial charge is 0.303 e. The molecule has 0 atom stereocenters. The molecule has 0 spiro atoms. The summed E-state index contributed by atoms with van der Waals surface area (Å²) in [7, 11) is 0. The van der Waals surface area contributed by atoms with Gasteiger partial charge in [-0.2, -0.15) is 0 Å². The molecule has 2 rings (SSSR count). The summed E-state index contributed by atoms with van der Waals surface area (Å²) >= 11 is 1.71. The first-order valence-corrected chi connectivity index (χ1v) is 5.52. The molecule has 0 amide bonds. The molecule has 0 saturated heterocycles. The van der Waals surface area contributed by atoms with Crippen molar-refractivity contribution in [2.45, 2.75) is 17.7 Å². The van der Waals surface area contributed by atoms with Gasteiger partial charge in [0.15, 0.2) is 5.78 Å². The predicted molar refractivity (Wildman–Crippen MR) is 55.9 cm³/mol. The maximum atomic E-state index is 11.5. The minimum atomic E-state index is 0.200. The summed E-state index contributed by atoms with van der Waals surface area (Å²) in [5, 5.41) is 0. The van der Waals surface area contributed by atoms with Crippen molar-refractivity contribution >= 4 is 23.8 Å². The topological polar surface area (TPSA) is 34.1 Å². The molecule has 0 saturated carbocycles. The fourth-order valence-electron chi connectivity index (χ4n) is 1.53. The molecule has 1 aromatic carbocycles. The number of hydrogen-bond acceptors (Lipinski definition) is 3. The SMILES string of the molecule is O=CCc1ccc2c(c1)C(=O)CCS2. The quantitative estimate of drug-likeness (QED) is 0.695. The zero-order chi connectivity index (χ0) is 9.97. The summed E-state index contributed by atoms with van der Waals surface area (Å²) in [5.74, 6) is 1.07. The second-order valence-electron chi connectivity index (χ2n) is 3.22. The van der Waals surface area contributed by atoms with Gasteiger partial charge in [-0.05, 0) is 17.7 Å². The van der Waals surface area contributed by atoms with Crippen LogP contribution in [0.15, 0.2) is 23.1 Å². The summed E-state index contributed by atoms with van der Waals surface area (Å²) in [6.07, 6.45) is 1.87. The number of carbonyl (C=O) groups excluding carboxylic acids is 2. The number of Topliss-reactive ketones (excluding diaryl/α,β-unsaturated/α-hetero) is 1. The molecule has 1 aromatic rings. The van der Waals surface area contributed by atoms with Crippen molar-refractivity contribution < 1.29 is 9.59 Å². The second kappa shape index (κ2) is 3.96. The highest BCUT2D eigenvalue weighted by atomic mass is 32.2. The standard InChI is InChI=1S/C11H10O2S/c12-5-3-8-1-2-11-9(7-8)10(13)4-6-14-11/h1-2,5,7H,3-4,6H2. The molecule has 0 radical (unpaired) electrons. The van der Waals surface area contributed by atoms with Crippen molar-refractivity contribution in [2.75, 3.05) is 5.75 Å². The van der Waals surface area contributed by atoms with E-state index in [1.54, 1.807) is 11.8 Å². The van der Waals surface area contributed by atoms with Crippen LogP contribution in [0, 0.1) is 0 Å². The Hall–Kier alpha value is -1.09. The highest BCUT2D eigenvalue weighted by Crippen LogP contribution is 2.30. The summed E-state index contributed by atoms with van der Waals surface area (Å²) in [5.41, 5.74) is 1.72. The smallest absolute Gasteiger partial charge is 0.164 e. The molecule has 14 heavy (non-hydrogen) atoms. The first-order valence-electron chi connectivity index (χ1n) is 4.54. The van der Waals surface area contributed by atoms with E-state index < -0.39 is 0 Å². The minimum Gasteiger partial charge on any atom is -0.303 e. The summed E-state index contributed by atoms with van der Waals surface area (Å²) in [4.78, 5) is 22.9. The average molecular weight is 206 g/mol. The third-order valence-corrected chi connectivity index (χ3v) is 3.33. The molecular formula is C11H10O2S. The normalized spacial score (nSPS) is 15.0. The number of thioether (sulfide) groups is 1. The molecule has 1 heterocycles. The summed E-state index contributed by atoms with van der Waals surface area (Å²) < 4.78 is 0. The third kappa shape index (κ3) is 1.73. The van der Waals surface area contributed by atoms with Crippen LogP contribution in [0.1, 0.15) is 22.3 Å². The van der Waals surface area contributed by atoms with Gasteiger partial charge < -0.3 is 4.79 Å². The van der Waals surface area contributed by atoms with E-state index in [1.807, 2.05) is 18.2 Å². The van der Waals surface area contributed by atoms with Gasteiger partial charge in [0.25, 0.3) is 0 Å². The van der Waals surface area contributed by atoms with Crippen LogP contribution in [0.25, 0.3) is 0 Å². The summed E-state index contributed by atoms with van der Waals surface area (Å²) in [6, 6.07) is 5.70. The molecule has 0 aliphatic carbocycles. The lowest BCUT2D eigenvalue weighted by molar-refractivity contribution is -0.107. The number of aldehydes is 1. The molecule has 1 aliphatic rings. The van der Waals surface area contributed by atoms with Crippen molar-refractivity contribution in [1.82, 2.24) is 0 Å². The van der Waals surface area contributed by atoms with Crippen LogP contribution >= 0.6 is 11.8 Å². The first kappa shape index (κ1) is 9.46. The zero-order valence-corrected chi connectivity index (χ0v) is 8.47. The number of hydrogen-bond donors (Lipinski definition) is 0. The Kier molecular flexibility index (Phi) is 2.68. The van der Waals surface area contributed by atoms with Gasteiger partial charge in [-0.3, -0.25) is 4.79 Å². The fourth-order valence-corrected chi connectivity index (χ4v) is 2.53. The van der Waals surface area contributed by atoms with E-state index in [0.29, 0.717) is 12.8 Å². The molecule has 1 aliphatic heterocycles. The maximum absolute atomic E-state index is 11.5. The fraction of sp³-hybridized carbons (Fsp3) is 0.273. The molecule has 0 N–H and O–H groups in total. The summed E-state index contributed by atoms with van der Waals surface area (Å²) in [6.45, 7) is 0. The maximum Gasteiger partial charge on any atom is 0.164 e. The van der Waals surface area contributed by atoms with Crippen molar-refractivity contribution in [1.29, 1.82) is 0 Å². The molecule has 0 bridgehead atoms. The molecule has 3 heteroatoms. The number of ketones is 1. The van der Waals surface area contributed by atoms with Gasteiger partial charge in [0.1, 0.15) is 6.29 Å².